The average molecular weight is 664 g/mol. The normalized spacial score (nSPS) is 11.8. The van der Waals surface area contributed by atoms with Crippen molar-refractivity contribution in [3.63, 3.8) is 0 Å². The Kier molecular flexibility index (Phi) is 7.14. The Balaban J connectivity index is 0.958. The van der Waals surface area contributed by atoms with Gasteiger partial charge in [-0.2, -0.15) is 0 Å². The number of nitrogens with zero attached hydrogens (tertiary/aromatic N) is 3. The van der Waals surface area contributed by atoms with Gasteiger partial charge in [-0.3, -0.25) is 4.90 Å². The van der Waals surface area contributed by atoms with Gasteiger partial charge in [0.15, 0.2) is 0 Å². The molecule has 3 nitrogen and oxygen atoms in total. The molecule has 244 valence electrons. The fourth-order valence-electron chi connectivity index (χ4n) is 7.73. The molecule has 0 radical (unpaired) electrons. The van der Waals surface area contributed by atoms with Crippen LogP contribution in [0.5, 0.6) is 0 Å². The second kappa shape index (κ2) is 12.4. The van der Waals surface area contributed by atoms with Crippen LogP contribution in [0.2, 0.25) is 0 Å². The summed E-state index contributed by atoms with van der Waals surface area (Å²) < 4.78 is 2.40. The Morgan fingerprint density at radius 2 is 1.15 bits per heavy atom. The molecule has 0 atom stereocenters. The van der Waals surface area contributed by atoms with Gasteiger partial charge in [-0.25, -0.2) is 4.98 Å². The minimum atomic E-state index is 0.887. The zero-order valence-corrected chi connectivity index (χ0v) is 28.4. The van der Waals surface area contributed by atoms with E-state index in [1.165, 1.54) is 65.7 Å². The van der Waals surface area contributed by atoms with E-state index < -0.39 is 0 Å². The van der Waals surface area contributed by atoms with Crippen LogP contribution in [-0.2, 0) is 0 Å². The third-order valence-electron chi connectivity index (χ3n) is 10.2. The molecule has 0 amide bonds. The van der Waals surface area contributed by atoms with E-state index in [0.717, 1.165) is 22.8 Å². The summed E-state index contributed by atoms with van der Waals surface area (Å²) in [5.74, 6) is 0.887. The number of para-hydroxylation sites is 2. The van der Waals surface area contributed by atoms with E-state index in [9.17, 15) is 0 Å². The molecular formula is C49H33N3. The summed E-state index contributed by atoms with van der Waals surface area (Å²) in [6.45, 7) is 0. The van der Waals surface area contributed by atoms with Crippen molar-refractivity contribution in [2.75, 3.05) is 4.90 Å². The Hall–Kier alpha value is -6.97. The third kappa shape index (κ3) is 5.10. The number of anilines is 3. The molecule has 0 unspecified atom stereocenters. The average Bonchev–Trinajstić information content (AvgIpc) is 3.56. The number of rotatable bonds is 7. The maximum atomic E-state index is 4.63. The predicted octanol–water partition coefficient (Wildman–Crippen LogP) is 13.2. The molecular weight excluding hydrogens is 631 g/mol. The second-order valence-electron chi connectivity index (χ2n) is 13.3. The third-order valence-corrected chi connectivity index (χ3v) is 10.2. The predicted molar refractivity (Wildman–Crippen MR) is 220 cm³/mol. The molecule has 0 aliphatic heterocycles. The maximum absolute atomic E-state index is 4.63. The van der Waals surface area contributed by atoms with Crippen molar-refractivity contribution in [2.45, 2.75) is 0 Å². The van der Waals surface area contributed by atoms with Gasteiger partial charge in [0.25, 0.3) is 0 Å². The molecule has 0 spiro atoms. The second-order valence-corrected chi connectivity index (χ2v) is 13.3. The van der Waals surface area contributed by atoms with E-state index >= 15 is 0 Å². The summed E-state index contributed by atoms with van der Waals surface area (Å²) in [5.41, 5.74) is 10.6. The first-order valence-electron chi connectivity index (χ1n) is 17.7. The Morgan fingerprint density at radius 1 is 0.462 bits per heavy atom. The largest absolute Gasteiger partial charge is 0.309 e. The molecule has 10 aromatic rings. The van der Waals surface area contributed by atoms with Gasteiger partial charge >= 0.3 is 0 Å². The highest BCUT2D eigenvalue weighted by molar-refractivity contribution is 6.26. The highest BCUT2D eigenvalue weighted by Crippen LogP contribution is 2.43. The fraction of sp³-hybridized carbons (Fsp3) is 0. The highest BCUT2D eigenvalue weighted by Gasteiger charge is 2.19. The zero-order chi connectivity index (χ0) is 34.4. The molecule has 0 aliphatic rings. The van der Waals surface area contributed by atoms with Crippen molar-refractivity contribution in [3.8, 4) is 16.8 Å². The molecule has 0 aliphatic carbocycles. The lowest BCUT2D eigenvalue weighted by molar-refractivity contribution is 1.18. The first-order valence-corrected chi connectivity index (χ1v) is 17.7. The van der Waals surface area contributed by atoms with Gasteiger partial charge in [0.1, 0.15) is 5.82 Å². The quantitative estimate of drug-likeness (QED) is 0.125. The van der Waals surface area contributed by atoms with Crippen molar-refractivity contribution in [1.29, 1.82) is 0 Å². The molecule has 2 heterocycles. The van der Waals surface area contributed by atoms with Gasteiger partial charge in [-0.15, -0.1) is 0 Å². The molecule has 2 aromatic heterocycles. The number of aromatic nitrogens is 2. The van der Waals surface area contributed by atoms with Crippen LogP contribution in [0.15, 0.2) is 188 Å². The standard InChI is InChI=1S/C49H33N3/c1-3-11-40(12-4-1)51(47-16-7-8-31-50-47)42-26-20-34(21-27-42)17-18-35-19-22-38-33-39(24-23-37(38)32-35)43-29-30-46-49-44(43)28-25-36-10-9-15-45(48(36)49)52(46)41-13-5-2-6-14-41/h1-33H. The van der Waals surface area contributed by atoms with Gasteiger partial charge in [0.05, 0.1) is 11.0 Å². The van der Waals surface area contributed by atoms with Crippen LogP contribution in [0.25, 0.3) is 72.3 Å². The molecule has 0 bridgehead atoms. The van der Waals surface area contributed by atoms with E-state index in [1.807, 2.05) is 30.5 Å². The lowest BCUT2D eigenvalue weighted by Crippen LogP contribution is -2.11. The van der Waals surface area contributed by atoms with Crippen LogP contribution in [0.1, 0.15) is 11.1 Å². The summed E-state index contributed by atoms with van der Waals surface area (Å²) in [5, 5.41) is 7.67. The van der Waals surface area contributed by atoms with Crippen molar-refractivity contribution < 1.29 is 0 Å². The highest BCUT2D eigenvalue weighted by atomic mass is 15.2. The first kappa shape index (κ1) is 29.9. The van der Waals surface area contributed by atoms with Gasteiger partial charge in [0.2, 0.25) is 0 Å². The number of benzene rings is 8. The van der Waals surface area contributed by atoms with Crippen LogP contribution in [-0.4, -0.2) is 9.55 Å². The number of hydrogen-bond donors (Lipinski definition) is 0. The lowest BCUT2D eigenvalue weighted by Gasteiger charge is -2.24. The zero-order valence-electron chi connectivity index (χ0n) is 28.4. The Labute approximate surface area is 302 Å². The van der Waals surface area contributed by atoms with E-state index in [-0.39, 0.29) is 0 Å². The van der Waals surface area contributed by atoms with Crippen molar-refractivity contribution in [3.05, 3.63) is 199 Å². The van der Waals surface area contributed by atoms with Gasteiger partial charge in [-0.05, 0) is 117 Å². The maximum Gasteiger partial charge on any atom is 0.137 e. The summed E-state index contributed by atoms with van der Waals surface area (Å²) in [7, 11) is 0. The number of hydrogen-bond acceptors (Lipinski definition) is 2. The lowest BCUT2D eigenvalue weighted by atomic mass is 9.93. The van der Waals surface area contributed by atoms with Crippen LogP contribution in [0.3, 0.4) is 0 Å². The van der Waals surface area contributed by atoms with Crippen LogP contribution >= 0.6 is 0 Å². The molecule has 0 saturated carbocycles. The summed E-state index contributed by atoms with van der Waals surface area (Å²) >= 11 is 0. The summed E-state index contributed by atoms with van der Waals surface area (Å²) in [6, 6.07) is 65.1. The number of fused-ring (bicyclic) bond motifs is 1. The minimum absolute atomic E-state index is 0.887. The van der Waals surface area contributed by atoms with E-state index in [1.54, 1.807) is 0 Å². The fourth-order valence-corrected chi connectivity index (χ4v) is 7.73. The summed E-state index contributed by atoms with van der Waals surface area (Å²) in [6.07, 6.45) is 6.21. The first-order chi connectivity index (χ1) is 25.8. The van der Waals surface area contributed by atoms with E-state index in [0.29, 0.717) is 0 Å². The molecule has 52 heavy (non-hydrogen) atoms. The van der Waals surface area contributed by atoms with Gasteiger partial charge in [0, 0.05) is 34.0 Å². The van der Waals surface area contributed by atoms with Crippen LogP contribution < -0.4 is 4.90 Å². The van der Waals surface area contributed by atoms with Crippen LogP contribution in [0.4, 0.5) is 17.2 Å². The molecule has 3 heteroatoms. The molecule has 8 aromatic carbocycles. The smallest absolute Gasteiger partial charge is 0.137 e. The minimum Gasteiger partial charge on any atom is -0.309 e. The SMILES string of the molecule is C(=Cc1ccc2cc(-c3ccc4c5c3ccc3cccc(c35)n4-c3ccccc3)ccc2c1)c1ccc(N(c2ccccc2)c2ccccn2)cc1. The van der Waals surface area contributed by atoms with Gasteiger partial charge < -0.3 is 4.57 Å². The van der Waals surface area contributed by atoms with Crippen LogP contribution in [0, 0.1) is 0 Å². The van der Waals surface area contributed by atoms with Crippen molar-refractivity contribution in [2.24, 2.45) is 0 Å². The molecule has 0 fully saturated rings. The Morgan fingerprint density at radius 3 is 1.98 bits per heavy atom. The van der Waals surface area contributed by atoms with Crippen molar-refractivity contribution >= 4 is 72.7 Å². The topological polar surface area (TPSA) is 21.1 Å². The Bertz CT molecular complexity index is 2830. The number of pyridine rings is 1. The monoisotopic (exact) mass is 663 g/mol. The van der Waals surface area contributed by atoms with Crippen molar-refractivity contribution in [1.82, 2.24) is 9.55 Å². The van der Waals surface area contributed by atoms with Gasteiger partial charge in [-0.1, -0.05) is 121 Å². The molecule has 0 N–H and O–H groups in total. The molecule has 0 saturated heterocycles. The molecule has 10 rings (SSSR count). The summed E-state index contributed by atoms with van der Waals surface area (Å²) in [4.78, 5) is 6.81. The van der Waals surface area contributed by atoms with E-state index in [4.69, 9.17) is 0 Å². The van der Waals surface area contributed by atoms with E-state index in [2.05, 4.69) is 184 Å².